The largest absolute Gasteiger partial charge is 0.497 e. The van der Waals surface area contributed by atoms with E-state index < -0.39 is 32.6 Å². The number of unbranched alkanes of at least 4 members (excludes halogenated alkanes) is 2. The minimum absolute atomic E-state index is 0.0487. The molecule has 3 aromatic carbocycles. The van der Waals surface area contributed by atoms with Gasteiger partial charge >= 0.3 is 0 Å². The number of methoxy groups -OCH3 is 2. The van der Waals surface area contributed by atoms with E-state index in [1.165, 1.54) is 0 Å². The number of aromatic nitrogens is 4. The molecule has 16 nitrogen and oxygen atoms in total. The molecule has 6 rings (SSSR count). The Morgan fingerprint density at radius 1 is 0.941 bits per heavy atom. The number of carbonyl (C=O) groups excluding carboxylic acids is 1. The van der Waals surface area contributed by atoms with Gasteiger partial charge in [-0.3, -0.25) is 10.1 Å². The number of hydrogen-bond acceptors (Lipinski definition) is 13. The van der Waals surface area contributed by atoms with E-state index in [0.717, 1.165) is 55.5 Å². The van der Waals surface area contributed by atoms with Gasteiger partial charge in [-0.2, -0.15) is 20.3 Å². The predicted molar refractivity (Wildman–Crippen MR) is 269 cm³/mol. The molecule has 3 heterocycles. The van der Waals surface area contributed by atoms with Gasteiger partial charge in [-0.15, -0.1) is 0 Å². The van der Waals surface area contributed by atoms with E-state index >= 15 is 0 Å². The number of aliphatic imine (C=N–C) groups is 1. The first-order chi connectivity index (χ1) is 33.0. The lowest BCUT2D eigenvalue weighted by molar-refractivity contribution is -0.105. The second-order valence-corrected chi connectivity index (χ2v) is 19.1. The minimum Gasteiger partial charge on any atom is -0.497 e. The van der Waals surface area contributed by atoms with Crippen LogP contribution in [-0.2, 0) is 28.9 Å². The lowest BCUT2D eigenvalue weighted by Gasteiger charge is -2.39. The van der Waals surface area contributed by atoms with Crippen LogP contribution < -0.4 is 14.8 Å². The standard InChI is InChI=1S/C50H65BrN9O7P/c1-9-11-28-58(29-12-10-2)33-53-47-45-46(51)57-59(48(45)56-49(55-47)54-34-61)44-31-42(67-68(65-30-16-27-52)60(35(3)4)36(5)6)43(66-44)32-64-50(37-17-14-13-15-18-37,38-19-23-40(62-7)24-20-38)39-21-25-41(63-8)26-22-39/h13-15,17-26,33-36,42-44H,9-12,16,28-32H2,1-8H3,(H,54,55,56,61)/t42-,43+,44-,68?/m0/s1. The molecule has 0 bridgehead atoms. The second kappa shape index (κ2) is 25.5. The fourth-order valence-corrected chi connectivity index (χ4v) is 10.6. The highest BCUT2D eigenvalue weighted by Crippen LogP contribution is 2.51. The van der Waals surface area contributed by atoms with Crippen LogP contribution in [0.2, 0.25) is 0 Å². The second-order valence-electron chi connectivity index (χ2n) is 16.9. The van der Waals surface area contributed by atoms with Crippen LogP contribution in [-0.4, -0.2) is 107 Å². The third-order valence-corrected chi connectivity index (χ3v) is 14.3. The highest BCUT2D eigenvalue weighted by Gasteiger charge is 2.46. The molecule has 18 heteroatoms. The van der Waals surface area contributed by atoms with Gasteiger partial charge in [0.1, 0.15) is 27.8 Å². The molecule has 0 saturated carbocycles. The number of amides is 1. The molecule has 1 amide bonds. The Morgan fingerprint density at radius 3 is 2.09 bits per heavy atom. The number of halogens is 1. The molecule has 1 unspecified atom stereocenters. The van der Waals surface area contributed by atoms with Gasteiger partial charge in [-0.05, 0) is 97.4 Å². The third kappa shape index (κ3) is 12.6. The molecule has 1 aliphatic rings. The van der Waals surface area contributed by atoms with Crippen LogP contribution in [0.1, 0.15) is 103 Å². The number of fused-ring (bicyclic) bond motifs is 1. The van der Waals surface area contributed by atoms with Crippen molar-refractivity contribution in [1.82, 2.24) is 29.3 Å². The zero-order valence-corrected chi connectivity index (χ0v) is 42.9. The van der Waals surface area contributed by atoms with Crippen LogP contribution in [0.5, 0.6) is 11.5 Å². The number of ether oxygens (including phenoxy) is 4. The van der Waals surface area contributed by atoms with Crippen molar-refractivity contribution >= 4 is 60.0 Å². The first-order valence-corrected chi connectivity index (χ1v) is 25.3. The molecule has 1 N–H and O–H groups in total. The average molecular weight is 1020 g/mol. The number of rotatable bonds is 27. The molecule has 4 atom stereocenters. The smallest absolute Gasteiger partial charge is 0.259 e. The van der Waals surface area contributed by atoms with Crippen LogP contribution in [0.25, 0.3) is 11.0 Å². The van der Waals surface area contributed by atoms with Crippen molar-refractivity contribution in [3.63, 3.8) is 0 Å². The maximum atomic E-state index is 11.9. The van der Waals surface area contributed by atoms with Gasteiger partial charge in [-0.25, -0.2) is 14.3 Å². The van der Waals surface area contributed by atoms with Gasteiger partial charge in [0.15, 0.2) is 17.7 Å². The number of nitrogens with one attached hydrogen (secondary N) is 1. The lowest BCUT2D eigenvalue weighted by atomic mass is 9.80. The van der Waals surface area contributed by atoms with Crippen molar-refractivity contribution in [3.05, 3.63) is 100 Å². The number of nitriles is 1. The number of carbonyl (C=O) groups is 1. The van der Waals surface area contributed by atoms with Gasteiger partial charge in [0.2, 0.25) is 12.4 Å². The Balaban J connectivity index is 1.47. The third-order valence-electron chi connectivity index (χ3n) is 11.6. The Morgan fingerprint density at radius 2 is 1.54 bits per heavy atom. The highest BCUT2D eigenvalue weighted by molar-refractivity contribution is 9.10. The summed E-state index contributed by atoms with van der Waals surface area (Å²) in [6.07, 6.45) is 4.98. The summed E-state index contributed by atoms with van der Waals surface area (Å²) in [6, 6.07) is 28.1. The van der Waals surface area contributed by atoms with Crippen molar-refractivity contribution in [2.75, 3.05) is 45.8 Å². The summed E-state index contributed by atoms with van der Waals surface area (Å²) in [7, 11) is 1.58. The Labute approximate surface area is 410 Å². The predicted octanol–water partition coefficient (Wildman–Crippen LogP) is 10.7. The van der Waals surface area contributed by atoms with Crippen LogP contribution >= 0.6 is 24.5 Å². The lowest BCUT2D eigenvalue weighted by Crippen LogP contribution is -2.39. The molecule has 0 aliphatic carbocycles. The van der Waals surface area contributed by atoms with Gasteiger partial charge in [0, 0.05) is 31.6 Å². The maximum absolute atomic E-state index is 11.9. The topological polar surface area (TPSA) is 171 Å². The number of anilines is 1. The Hall–Kier alpha value is -5.05. The van der Waals surface area contributed by atoms with Gasteiger partial charge in [0.05, 0.1) is 57.8 Å². The summed E-state index contributed by atoms with van der Waals surface area (Å²) >= 11 is 3.71. The minimum atomic E-state index is -1.71. The molecule has 68 heavy (non-hydrogen) atoms. The first-order valence-electron chi connectivity index (χ1n) is 23.3. The van der Waals surface area contributed by atoms with E-state index in [1.807, 2.05) is 73.1 Å². The zero-order valence-electron chi connectivity index (χ0n) is 40.4. The molecule has 1 aliphatic heterocycles. The van der Waals surface area contributed by atoms with E-state index in [-0.39, 0.29) is 37.7 Å². The van der Waals surface area contributed by atoms with Crippen LogP contribution in [0.4, 0.5) is 11.8 Å². The van der Waals surface area contributed by atoms with Crippen LogP contribution in [0.15, 0.2) is 88.5 Å². The molecular weight excluding hydrogens is 949 g/mol. The molecule has 2 aromatic heterocycles. The monoisotopic (exact) mass is 1010 g/mol. The number of nitrogens with zero attached hydrogens (tertiary/aromatic N) is 8. The van der Waals surface area contributed by atoms with Crippen LogP contribution in [0, 0.1) is 11.3 Å². The summed E-state index contributed by atoms with van der Waals surface area (Å²) in [6.45, 7) is 14.7. The van der Waals surface area contributed by atoms with E-state index in [1.54, 1.807) is 18.9 Å². The fourth-order valence-electron chi connectivity index (χ4n) is 8.28. The molecule has 1 saturated heterocycles. The first kappa shape index (κ1) is 52.3. The molecule has 0 radical (unpaired) electrons. The number of hydrogen-bond donors (Lipinski definition) is 1. The highest BCUT2D eigenvalue weighted by atomic mass is 79.9. The van der Waals surface area contributed by atoms with Gasteiger partial charge < -0.3 is 32.9 Å². The molecule has 0 spiro atoms. The molecular formula is C50H65BrN9O7P. The Kier molecular flexibility index (Phi) is 19.6. The molecule has 5 aromatic rings. The van der Waals surface area contributed by atoms with E-state index in [2.05, 4.69) is 95.5 Å². The number of benzene rings is 3. The Bertz CT molecular complexity index is 2360. The van der Waals surface area contributed by atoms with Crippen molar-refractivity contribution in [1.29, 1.82) is 5.26 Å². The summed E-state index contributed by atoms with van der Waals surface area (Å²) < 4.78 is 43.6. The van der Waals surface area contributed by atoms with Crippen molar-refractivity contribution in [3.8, 4) is 17.6 Å². The molecule has 1 fully saturated rings. The van der Waals surface area contributed by atoms with Crippen molar-refractivity contribution < 1.29 is 32.8 Å². The normalized spacial score (nSPS) is 16.8. The summed E-state index contributed by atoms with van der Waals surface area (Å²) in [5, 5.41) is 17.7. The van der Waals surface area contributed by atoms with Gasteiger partial charge in [-0.1, -0.05) is 81.3 Å². The summed E-state index contributed by atoms with van der Waals surface area (Å²) in [4.78, 5) is 28.4. The summed E-state index contributed by atoms with van der Waals surface area (Å²) in [5.74, 6) is 1.82. The van der Waals surface area contributed by atoms with Crippen LogP contribution in [0.3, 0.4) is 0 Å². The SMILES string of the molecule is CCCCN(C=Nc1nc(NC=O)nc2c1c(Br)nn2[C@@H]1C[C@H](OP(OCCC#N)N(C(C)C)C(C)C)[C@@H](COC(c2ccccc2)(c2ccc(OC)cc2)c2ccc(OC)cc2)O1)CCCC. The average Bonchev–Trinajstić information content (AvgIpc) is 3.91. The quantitative estimate of drug-likeness (QED) is 0.0132. The molecule has 364 valence electrons. The van der Waals surface area contributed by atoms with Crippen molar-refractivity contribution in [2.24, 2.45) is 4.99 Å². The maximum Gasteiger partial charge on any atom is 0.259 e. The van der Waals surface area contributed by atoms with E-state index in [9.17, 15) is 10.1 Å². The summed E-state index contributed by atoms with van der Waals surface area (Å²) in [5.41, 5.74) is 1.86. The zero-order chi connectivity index (χ0) is 48.6. The van der Waals surface area contributed by atoms with Gasteiger partial charge in [0.25, 0.3) is 8.53 Å². The van der Waals surface area contributed by atoms with Crippen molar-refractivity contribution in [2.45, 2.75) is 116 Å². The van der Waals surface area contributed by atoms with E-state index in [4.69, 9.17) is 43.1 Å². The van der Waals surface area contributed by atoms with E-state index in [0.29, 0.717) is 45.8 Å². The fraction of sp³-hybridized carbons (Fsp3) is 0.480.